The highest BCUT2D eigenvalue weighted by Gasteiger charge is 2.25. The van der Waals surface area contributed by atoms with E-state index in [9.17, 15) is 0 Å². The highest BCUT2D eigenvalue weighted by atomic mass is 127. The van der Waals surface area contributed by atoms with Crippen LogP contribution in [0.4, 0.5) is 0 Å². The quantitative estimate of drug-likeness (QED) is 0.383. The van der Waals surface area contributed by atoms with Crippen molar-refractivity contribution < 1.29 is 4.74 Å². The number of nitrogens with one attached hydrogen (secondary N) is 1. The second-order valence-corrected chi connectivity index (χ2v) is 7.38. The average molecular weight is 490 g/mol. The number of guanidine groups is 1. The van der Waals surface area contributed by atoms with E-state index in [0.29, 0.717) is 12.5 Å². The van der Waals surface area contributed by atoms with Gasteiger partial charge < -0.3 is 19.5 Å². The predicted octanol–water partition coefficient (Wildman–Crippen LogP) is 2.42. The summed E-state index contributed by atoms with van der Waals surface area (Å²) in [6.45, 7) is 6.04. The van der Waals surface area contributed by atoms with E-state index in [1.54, 1.807) is 18.4 Å². The van der Waals surface area contributed by atoms with Gasteiger partial charge in [0.15, 0.2) is 11.8 Å². The highest BCUT2D eigenvalue weighted by Crippen LogP contribution is 2.17. The number of ether oxygens (including phenoxy) is 1. The third-order valence-corrected chi connectivity index (χ3v) is 5.42. The Labute approximate surface area is 175 Å². The van der Waals surface area contributed by atoms with Crippen LogP contribution in [-0.4, -0.2) is 52.4 Å². The molecule has 2 aromatic rings. The van der Waals surface area contributed by atoms with Crippen LogP contribution in [-0.2, 0) is 24.9 Å². The van der Waals surface area contributed by atoms with Crippen LogP contribution in [0.1, 0.15) is 22.9 Å². The highest BCUT2D eigenvalue weighted by molar-refractivity contribution is 14.0. The fourth-order valence-corrected chi connectivity index (χ4v) is 3.62. The van der Waals surface area contributed by atoms with Crippen LogP contribution in [0.3, 0.4) is 0 Å². The summed E-state index contributed by atoms with van der Waals surface area (Å²) >= 11 is 1.75. The van der Waals surface area contributed by atoms with Crippen LogP contribution >= 0.6 is 35.3 Å². The van der Waals surface area contributed by atoms with E-state index >= 15 is 0 Å². The minimum Gasteiger partial charge on any atom is -0.384 e. The van der Waals surface area contributed by atoms with Crippen molar-refractivity contribution in [1.29, 1.82) is 0 Å². The van der Waals surface area contributed by atoms with E-state index < -0.39 is 0 Å². The molecule has 0 aliphatic carbocycles. The summed E-state index contributed by atoms with van der Waals surface area (Å²) in [4.78, 5) is 8.44. The number of halogens is 1. The zero-order valence-corrected chi connectivity index (χ0v) is 18.7. The molecule has 0 spiro atoms. The molecule has 0 radical (unpaired) electrons. The lowest BCUT2D eigenvalue weighted by Crippen LogP contribution is -2.40. The SMILES string of the molecule is COCC1CCN(C(=NCc2nnc(C)n2C)NCc2cccs2)C1.I. The Bertz CT molecular complexity index is 702. The van der Waals surface area contributed by atoms with Crippen molar-refractivity contribution in [2.24, 2.45) is 18.0 Å². The molecule has 1 fully saturated rings. The van der Waals surface area contributed by atoms with Gasteiger partial charge in [0.05, 0.1) is 13.2 Å². The summed E-state index contributed by atoms with van der Waals surface area (Å²) in [5.74, 6) is 3.28. The summed E-state index contributed by atoms with van der Waals surface area (Å²) in [5.41, 5.74) is 0. The molecular formula is C17H27IN6OS. The fourth-order valence-electron chi connectivity index (χ4n) is 2.98. The number of hydrogen-bond donors (Lipinski definition) is 1. The van der Waals surface area contributed by atoms with Gasteiger partial charge in [-0.2, -0.15) is 0 Å². The predicted molar refractivity (Wildman–Crippen MR) is 115 cm³/mol. The lowest BCUT2D eigenvalue weighted by molar-refractivity contribution is 0.157. The van der Waals surface area contributed by atoms with Crippen molar-refractivity contribution in [3.05, 3.63) is 34.0 Å². The van der Waals surface area contributed by atoms with Crippen molar-refractivity contribution in [3.63, 3.8) is 0 Å². The summed E-state index contributed by atoms with van der Waals surface area (Å²) in [7, 11) is 3.74. The number of aromatic nitrogens is 3. The van der Waals surface area contributed by atoms with Crippen molar-refractivity contribution in [2.75, 3.05) is 26.8 Å². The number of rotatable bonds is 6. The van der Waals surface area contributed by atoms with Crippen LogP contribution in [0.25, 0.3) is 0 Å². The normalized spacial score (nSPS) is 17.4. The Kier molecular flexibility index (Phi) is 8.29. The lowest BCUT2D eigenvalue weighted by Gasteiger charge is -2.22. The molecule has 9 heteroatoms. The average Bonchev–Trinajstić information content (AvgIpc) is 3.34. The van der Waals surface area contributed by atoms with Gasteiger partial charge in [0.2, 0.25) is 0 Å². The molecule has 1 unspecified atom stereocenters. The minimum atomic E-state index is 0. The molecule has 0 aromatic carbocycles. The van der Waals surface area contributed by atoms with Gasteiger partial charge in [0.25, 0.3) is 0 Å². The number of methoxy groups -OCH3 is 1. The number of likely N-dealkylation sites (tertiary alicyclic amines) is 1. The van der Waals surface area contributed by atoms with Crippen LogP contribution in [0.15, 0.2) is 22.5 Å². The minimum absolute atomic E-state index is 0. The lowest BCUT2D eigenvalue weighted by atomic mass is 10.1. The van der Waals surface area contributed by atoms with Crippen LogP contribution < -0.4 is 5.32 Å². The standard InChI is InChI=1S/C17H26N6OS.HI/c1-13-20-21-16(22(13)2)10-19-17(18-9-15-5-4-8-25-15)23-7-6-14(11-23)12-24-3;/h4-5,8,14H,6-7,9-12H2,1-3H3,(H,18,19);1H. The van der Waals surface area contributed by atoms with Crippen LogP contribution in [0.5, 0.6) is 0 Å². The molecule has 3 heterocycles. The molecule has 0 amide bonds. The van der Waals surface area contributed by atoms with Gasteiger partial charge in [-0.1, -0.05) is 6.07 Å². The molecule has 3 rings (SSSR count). The topological polar surface area (TPSA) is 67.6 Å². The molecule has 0 bridgehead atoms. The van der Waals surface area contributed by atoms with Crippen molar-refractivity contribution >= 4 is 41.3 Å². The Morgan fingerprint density at radius 3 is 2.96 bits per heavy atom. The molecule has 2 aromatic heterocycles. The molecule has 1 saturated heterocycles. The van der Waals surface area contributed by atoms with Crippen molar-refractivity contribution in [3.8, 4) is 0 Å². The zero-order chi connectivity index (χ0) is 17.6. The summed E-state index contributed by atoms with van der Waals surface area (Å²) < 4.78 is 7.30. The smallest absolute Gasteiger partial charge is 0.194 e. The second kappa shape index (κ2) is 10.2. The Morgan fingerprint density at radius 1 is 1.46 bits per heavy atom. The molecular weight excluding hydrogens is 463 g/mol. The fraction of sp³-hybridized carbons (Fsp3) is 0.588. The molecule has 7 nitrogen and oxygen atoms in total. The van der Waals surface area contributed by atoms with Crippen molar-refractivity contribution in [1.82, 2.24) is 25.0 Å². The Hall–Kier alpha value is -1.20. The van der Waals surface area contributed by atoms with E-state index in [1.165, 1.54) is 4.88 Å². The van der Waals surface area contributed by atoms with Gasteiger partial charge in [0, 0.05) is 38.0 Å². The summed E-state index contributed by atoms with van der Waals surface area (Å²) in [6.07, 6.45) is 1.14. The number of aliphatic imine (C=N–C) groups is 1. The van der Waals surface area contributed by atoms with Crippen molar-refractivity contribution in [2.45, 2.75) is 26.4 Å². The van der Waals surface area contributed by atoms with Crippen LogP contribution in [0.2, 0.25) is 0 Å². The van der Waals surface area contributed by atoms with Gasteiger partial charge in [0.1, 0.15) is 12.4 Å². The first-order valence-corrected chi connectivity index (χ1v) is 9.44. The first-order chi connectivity index (χ1) is 12.2. The maximum absolute atomic E-state index is 5.31. The molecule has 1 N–H and O–H groups in total. The van der Waals surface area contributed by atoms with E-state index in [-0.39, 0.29) is 24.0 Å². The van der Waals surface area contributed by atoms with Gasteiger partial charge in [-0.05, 0) is 24.8 Å². The molecule has 26 heavy (non-hydrogen) atoms. The maximum Gasteiger partial charge on any atom is 0.194 e. The van der Waals surface area contributed by atoms with E-state index in [2.05, 4.69) is 37.9 Å². The summed E-state index contributed by atoms with van der Waals surface area (Å²) in [5, 5.41) is 13.9. The van der Waals surface area contributed by atoms with Gasteiger partial charge >= 0.3 is 0 Å². The van der Waals surface area contributed by atoms with Gasteiger partial charge in [-0.15, -0.1) is 45.5 Å². The summed E-state index contributed by atoms with van der Waals surface area (Å²) in [6, 6.07) is 4.21. The second-order valence-electron chi connectivity index (χ2n) is 6.35. The maximum atomic E-state index is 5.31. The number of thiophene rings is 1. The van der Waals surface area contributed by atoms with Gasteiger partial charge in [-0.25, -0.2) is 4.99 Å². The van der Waals surface area contributed by atoms with Gasteiger partial charge in [-0.3, -0.25) is 0 Å². The zero-order valence-electron chi connectivity index (χ0n) is 15.5. The Morgan fingerprint density at radius 2 is 2.31 bits per heavy atom. The number of aryl methyl sites for hydroxylation is 1. The number of hydrogen-bond acceptors (Lipinski definition) is 5. The first kappa shape index (κ1) is 21.1. The molecule has 144 valence electrons. The number of nitrogens with zero attached hydrogens (tertiary/aromatic N) is 5. The van der Waals surface area contributed by atoms with E-state index in [0.717, 1.165) is 50.3 Å². The molecule has 0 saturated carbocycles. The third-order valence-electron chi connectivity index (χ3n) is 4.54. The van der Waals surface area contributed by atoms with E-state index in [1.807, 2.05) is 18.5 Å². The molecule has 1 aliphatic rings. The largest absolute Gasteiger partial charge is 0.384 e. The van der Waals surface area contributed by atoms with E-state index in [4.69, 9.17) is 9.73 Å². The molecule has 1 aliphatic heterocycles. The molecule has 1 atom stereocenters. The van der Waals surface area contributed by atoms with Crippen LogP contribution in [0, 0.1) is 12.8 Å². The first-order valence-electron chi connectivity index (χ1n) is 8.57. The third kappa shape index (κ3) is 5.40. The Balaban J connectivity index is 0.00000243. The monoisotopic (exact) mass is 490 g/mol.